The van der Waals surface area contributed by atoms with Crippen LogP contribution in [0.2, 0.25) is 0 Å². The van der Waals surface area contributed by atoms with Gasteiger partial charge < -0.3 is 14.6 Å². The lowest BCUT2D eigenvalue weighted by molar-refractivity contribution is -0.154. The number of hydrogen-bond donors (Lipinski definition) is 1. The molecule has 1 atom stereocenters. The second kappa shape index (κ2) is 39.2. The Morgan fingerprint density at radius 1 is 0.511 bits per heavy atom. The zero-order valence-corrected chi connectivity index (χ0v) is 30.0. The van der Waals surface area contributed by atoms with E-state index in [1.807, 2.05) is 0 Å². The molecule has 264 valence electrons. The third-order valence-electron chi connectivity index (χ3n) is 7.09. The monoisotopic (exact) mass is 649 g/mol. The van der Waals surface area contributed by atoms with Crippen LogP contribution in [0.1, 0.15) is 129 Å². The van der Waals surface area contributed by atoms with Gasteiger partial charge >= 0.3 is 5.97 Å². The molecule has 0 aromatic rings. The Bertz CT molecular complexity index is 945. The second-order valence-corrected chi connectivity index (χ2v) is 11.5. The number of allylic oxidation sites excluding steroid dienone is 18. The van der Waals surface area contributed by atoms with Gasteiger partial charge in [0.25, 0.3) is 0 Å². The molecule has 4 nitrogen and oxygen atoms in total. The highest BCUT2D eigenvalue weighted by Crippen LogP contribution is 2.07. The first-order chi connectivity index (χ1) is 23.2. The van der Waals surface area contributed by atoms with Crippen LogP contribution in [0, 0.1) is 0 Å². The number of unbranched alkanes of at least 4 members (excludes halogenated alkanes) is 6. The SMILES string of the molecule is CC/C=C\C/C=C\C/C=C\C/C=C\C/C=C\C/C=C\CCCCC(=O)OC(CO)COCCCCCC/C=C\C/C=C\C/C=C\CC. The Labute approximate surface area is 289 Å². The standard InChI is InChI=1S/C43H68O4/c1-3-5-7-9-11-13-15-17-19-20-21-22-23-24-25-26-28-30-32-34-36-38-43(45)47-42(40-44)41-46-39-37-35-33-31-29-27-18-16-14-12-10-8-6-4-2/h5-8,11-14,17-19,21-22,24-25,27-28,30,42,44H,3-4,9-10,15-16,20,23,26,29,31-41H2,1-2H3/b7-5-,8-6-,13-11-,14-12-,19-17-,22-21-,25-24-,27-18-,30-28-. The first kappa shape index (κ1) is 44.1. The quantitative estimate of drug-likeness (QED) is 0.0448. The minimum Gasteiger partial charge on any atom is -0.457 e. The van der Waals surface area contributed by atoms with Gasteiger partial charge in [-0.1, -0.05) is 136 Å². The summed E-state index contributed by atoms with van der Waals surface area (Å²) in [6.07, 6.45) is 57.0. The number of carbonyl (C=O) groups is 1. The van der Waals surface area contributed by atoms with Crippen LogP contribution in [-0.4, -0.2) is 37.0 Å². The zero-order chi connectivity index (χ0) is 34.1. The minimum atomic E-state index is -0.576. The Kier molecular flexibility index (Phi) is 36.8. The van der Waals surface area contributed by atoms with E-state index in [4.69, 9.17) is 9.47 Å². The fourth-order valence-electron chi connectivity index (χ4n) is 4.40. The van der Waals surface area contributed by atoms with Crippen LogP contribution in [0.5, 0.6) is 0 Å². The van der Waals surface area contributed by atoms with Gasteiger partial charge in [0.1, 0.15) is 6.10 Å². The largest absolute Gasteiger partial charge is 0.457 e. The van der Waals surface area contributed by atoms with Crippen molar-refractivity contribution < 1.29 is 19.4 Å². The van der Waals surface area contributed by atoms with Crippen molar-refractivity contribution in [3.63, 3.8) is 0 Å². The molecule has 0 heterocycles. The second-order valence-electron chi connectivity index (χ2n) is 11.5. The van der Waals surface area contributed by atoms with Crippen LogP contribution in [0.15, 0.2) is 109 Å². The van der Waals surface area contributed by atoms with Crippen LogP contribution < -0.4 is 0 Å². The van der Waals surface area contributed by atoms with Crippen molar-refractivity contribution in [2.45, 2.75) is 136 Å². The molecule has 0 radical (unpaired) electrons. The first-order valence-electron chi connectivity index (χ1n) is 18.5. The summed E-state index contributed by atoms with van der Waals surface area (Å²) >= 11 is 0. The van der Waals surface area contributed by atoms with Gasteiger partial charge in [0.05, 0.1) is 13.2 Å². The van der Waals surface area contributed by atoms with E-state index in [0.29, 0.717) is 13.0 Å². The summed E-state index contributed by atoms with van der Waals surface area (Å²) in [7, 11) is 0. The molecule has 0 spiro atoms. The highest BCUT2D eigenvalue weighted by Gasteiger charge is 2.13. The van der Waals surface area contributed by atoms with E-state index in [1.54, 1.807) is 0 Å². The van der Waals surface area contributed by atoms with Crippen LogP contribution in [0.25, 0.3) is 0 Å². The summed E-state index contributed by atoms with van der Waals surface area (Å²) < 4.78 is 11.1. The topological polar surface area (TPSA) is 55.8 Å². The molecule has 0 saturated heterocycles. The highest BCUT2D eigenvalue weighted by atomic mass is 16.6. The van der Waals surface area contributed by atoms with Gasteiger partial charge in [0.15, 0.2) is 0 Å². The van der Waals surface area contributed by atoms with Crippen LogP contribution in [0.3, 0.4) is 0 Å². The van der Waals surface area contributed by atoms with Crippen molar-refractivity contribution in [3.05, 3.63) is 109 Å². The molecule has 0 aliphatic rings. The molecule has 0 aromatic heterocycles. The van der Waals surface area contributed by atoms with E-state index in [9.17, 15) is 9.90 Å². The highest BCUT2D eigenvalue weighted by molar-refractivity contribution is 5.69. The van der Waals surface area contributed by atoms with E-state index in [-0.39, 0.29) is 19.2 Å². The lowest BCUT2D eigenvalue weighted by atomic mass is 10.1. The molecule has 0 saturated carbocycles. The molecule has 0 fully saturated rings. The van der Waals surface area contributed by atoms with E-state index >= 15 is 0 Å². The van der Waals surface area contributed by atoms with Gasteiger partial charge in [0.2, 0.25) is 0 Å². The van der Waals surface area contributed by atoms with Crippen molar-refractivity contribution in [2.75, 3.05) is 19.8 Å². The molecule has 0 bridgehead atoms. The number of hydrogen-bond acceptors (Lipinski definition) is 4. The minimum absolute atomic E-state index is 0.207. The Morgan fingerprint density at radius 3 is 1.32 bits per heavy atom. The van der Waals surface area contributed by atoms with Gasteiger partial charge in [-0.3, -0.25) is 4.79 Å². The van der Waals surface area contributed by atoms with Gasteiger partial charge in [-0.15, -0.1) is 0 Å². The zero-order valence-electron chi connectivity index (χ0n) is 30.0. The fraction of sp³-hybridized carbons (Fsp3) is 0.558. The lowest BCUT2D eigenvalue weighted by Gasteiger charge is -2.15. The normalized spacial score (nSPS) is 13.7. The molecule has 0 rings (SSSR count). The van der Waals surface area contributed by atoms with Crippen LogP contribution in [0.4, 0.5) is 0 Å². The Morgan fingerprint density at radius 2 is 0.894 bits per heavy atom. The average molecular weight is 649 g/mol. The van der Waals surface area contributed by atoms with Gasteiger partial charge in [-0.05, 0) is 96.3 Å². The molecule has 4 heteroatoms. The smallest absolute Gasteiger partial charge is 0.306 e. The predicted octanol–water partition coefficient (Wildman–Crippen LogP) is 12.0. The molecule has 0 aliphatic carbocycles. The number of carbonyl (C=O) groups excluding carboxylic acids is 1. The summed E-state index contributed by atoms with van der Waals surface area (Å²) in [5, 5.41) is 9.55. The maximum absolute atomic E-state index is 12.1. The Hall–Kier alpha value is -2.95. The van der Waals surface area contributed by atoms with Crippen molar-refractivity contribution in [1.82, 2.24) is 0 Å². The summed E-state index contributed by atoms with van der Waals surface area (Å²) in [6, 6.07) is 0. The fourth-order valence-corrected chi connectivity index (χ4v) is 4.40. The molecular formula is C43H68O4. The van der Waals surface area contributed by atoms with E-state index in [0.717, 1.165) is 96.3 Å². The number of ether oxygens (including phenoxy) is 2. The molecule has 1 unspecified atom stereocenters. The summed E-state index contributed by atoms with van der Waals surface area (Å²) in [6.45, 7) is 4.99. The van der Waals surface area contributed by atoms with E-state index in [2.05, 4.69) is 123 Å². The van der Waals surface area contributed by atoms with Crippen LogP contribution in [-0.2, 0) is 14.3 Å². The van der Waals surface area contributed by atoms with Crippen molar-refractivity contribution in [3.8, 4) is 0 Å². The van der Waals surface area contributed by atoms with Crippen LogP contribution >= 0.6 is 0 Å². The average Bonchev–Trinajstić information content (AvgIpc) is 3.08. The van der Waals surface area contributed by atoms with Gasteiger partial charge in [-0.2, -0.15) is 0 Å². The van der Waals surface area contributed by atoms with Crippen molar-refractivity contribution in [2.24, 2.45) is 0 Å². The molecule has 0 amide bonds. The number of rotatable bonds is 32. The Balaban J connectivity index is 3.66. The summed E-state index contributed by atoms with van der Waals surface area (Å²) in [4.78, 5) is 12.1. The maximum atomic E-state index is 12.1. The molecule has 1 N–H and O–H groups in total. The molecule has 47 heavy (non-hydrogen) atoms. The lowest BCUT2D eigenvalue weighted by Crippen LogP contribution is -2.27. The maximum Gasteiger partial charge on any atom is 0.306 e. The van der Waals surface area contributed by atoms with Crippen molar-refractivity contribution >= 4 is 5.97 Å². The first-order valence-corrected chi connectivity index (χ1v) is 18.5. The van der Waals surface area contributed by atoms with E-state index < -0.39 is 6.10 Å². The summed E-state index contributed by atoms with van der Waals surface area (Å²) in [5.41, 5.74) is 0. The molecule has 0 aliphatic heterocycles. The number of aliphatic hydroxyl groups excluding tert-OH is 1. The third-order valence-corrected chi connectivity index (χ3v) is 7.09. The molecule has 0 aromatic carbocycles. The van der Waals surface area contributed by atoms with Gasteiger partial charge in [-0.25, -0.2) is 0 Å². The van der Waals surface area contributed by atoms with E-state index in [1.165, 1.54) is 12.8 Å². The number of aliphatic hydroxyl groups is 1. The molecular weight excluding hydrogens is 580 g/mol. The van der Waals surface area contributed by atoms with Gasteiger partial charge in [0, 0.05) is 13.0 Å². The predicted molar refractivity (Wildman–Crippen MR) is 204 cm³/mol. The van der Waals surface area contributed by atoms with Crippen molar-refractivity contribution in [1.29, 1.82) is 0 Å². The third kappa shape index (κ3) is 37.4. The summed E-state index contributed by atoms with van der Waals surface area (Å²) in [5.74, 6) is -0.257. The number of esters is 1.